The van der Waals surface area contributed by atoms with E-state index in [9.17, 15) is 9.59 Å². The van der Waals surface area contributed by atoms with Crippen LogP contribution in [-0.2, 0) is 11.2 Å². The average molecular weight is 366 g/mol. The Morgan fingerprint density at radius 2 is 1.81 bits per heavy atom. The van der Waals surface area contributed by atoms with Crippen molar-refractivity contribution in [3.63, 3.8) is 0 Å². The molecule has 27 heavy (non-hydrogen) atoms. The van der Waals surface area contributed by atoms with E-state index in [1.807, 2.05) is 25.1 Å². The van der Waals surface area contributed by atoms with Crippen LogP contribution in [0.15, 0.2) is 46.9 Å². The zero-order chi connectivity index (χ0) is 19.6. The number of amides is 2. The summed E-state index contributed by atoms with van der Waals surface area (Å²) in [6, 6.07) is 12.6. The van der Waals surface area contributed by atoms with Crippen molar-refractivity contribution in [2.24, 2.45) is 0 Å². The van der Waals surface area contributed by atoms with Gasteiger partial charge < -0.3 is 19.4 Å². The monoisotopic (exact) mass is 366 g/mol. The van der Waals surface area contributed by atoms with Crippen LogP contribution in [0.4, 0.5) is 5.69 Å². The molecule has 0 saturated heterocycles. The number of carbonyl (C=O) groups excluding carboxylic acids is 2. The van der Waals surface area contributed by atoms with Gasteiger partial charge in [-0.3, -0.25) is 9.59 Å². The number of anilines is 1. The van der Waals surface area contributed by atoms with Gasteiger partial charge in [0.05, 0.1) is 13.5 Å². The van der Waals surface area contributed by atoms with Crippen LogP contribution < -0.4 is 10.1 Å². The van der Waals surface area contributed by atoms with Crippen molar-refractivity contribution < 1.29 is 18.7 Å². The van der Waals surface area contributed by atoms with Gasteiger partial charge in [-0.05, 0) is 42.8 Å². The summed E-state index contributed by atoms with van der Waals surface area (Å²) in [4.78, 5) is 25.9. The third-order valence-corrected chi connectivity index (χ3v) is 4.42. The van der Waals surface area contributed by atoms with Crippen LogP contribution in [-0.4, -0.2) is 37.9 Å². The third kappa shape index (κ3) is 3.95. The van der Waals surface area contributed by atoms with Gasteiger partial charge in [0.1, 0.15) is 11.3 Å². The maximum atomic E-state index is 12.6. The van der Waals surface area contributed by atoms with Gasteiger partial charge in [-0.2, -0.15) is 0 Å². The van der Waals surface area contributed by atoms with Crippen molar-refractivity contribution in [2.75, 3.05) is 26.5 Å². The molecule has 0 atom stereocenters. The Balaban J connectivity index is 1.76. The molecule has 0 spiro atoms. The van der Waals surface area contributed by atoms with Crippen LogP contribution in [0.5, 0.6) is 5.75 Å². The first-order chi connectivity index (χ1) is 12.9. The molecule has 0 aliphatic rings. The molecular formula is C21H22N2O4. The number of methoxy groups -OCH3 is 1. The Hall–Kier alpha value is -3.28. The van der Waals surface area contributed by atoms with E-state index in [1.54, 1.807) is 50.4 Å². The molecule has 140 valence electrons. The second kappa shape index (κ2) is 7.53. The van der Waals surface area contributed by atoms with E-state index in [0.29, 0.717) is 23.4 Å². The first kappa shape index (κ1) is 18.5. The molecule has 0 fully saturated rings. The number of fused-ring (bicyclic) bond motifs is 1. The van der Waals surface area contributed by atoms with Gasteiger partial charge in [-0.25, -0.2) is 0 Å². The standard InChI is InChI=1S/C21H22N2O4/c1-13-17-12-16(26-4)9-10-18(17)27-20(13)21(25)22-15-7-5-14(6-8-15)11-19(24)23(2)3/h5-10,12H,11H2,1-4H3,(H,22,25). The van der Waals surface area contributed by atoms with Crippen LogP contribution in [0.3, 0.4) is 0 Å². The Kier molecular flexibility index (Phi) is 5.16. The molecule has 0 radical (unpaired) electrons. The molecule has 0 unspecified atom stereocenters. The van der Waals surface area contributed by atoms with Crippen molar-refractivity contribution >= 4 is 28.5 Å². The molecule has 1 aromatic heterocycles. The number of nitrogens with one attached hydrogen (secondary N) is 1. The third-order valence-electron chi connectivity index (χ3n) is 4.42. The lowest BCUT2D eigenvalue weighted by atomic mass is 10.1. The van der Waals surface area contributed by atoms with Gasteiger partial charge in [0.2, 0.25) is 5.91 Å². The molecule has 1 N–H and O–H groups in total. The largest absolute Gasteiger partial charge is 0.497 e. The van der Waals surface area contributed by atoms with E-state index in [2.05, 4.69) is 5.32 Å². The summed E-state index contributed by atoms with van der Waals surface area (Å²) < 4.78 is 10.9. The van der Waals surface area contributed by atoms with E-state index in [-0.39, 0.29) is 17.6 Å². The molecule has 6 nitrogen and oxygen atoms in total. The molecule has 0 bridgehead atoms. The molecule has 1 heterocycles. The van der Waals surface area contributed by atoms with E-state index in [4.69, 9.17) is 9.15 Å². The Morgan fingerprint density at radius 3 is 2.44 bits per heavy atom. The average Bonchev–Trinajstić information content (AvgIpc) is 2.99. The maximum Gasteiger partial charge on any atom is 0.291 e. The molecule has 3 aromatic rings. The lowest BCUT2D eigenvalue weighted by Crippen LogP contribution is -2.23. The van der Waals surface area contributed by atoms with Crippen LogP contribution in [0.1, 0.15) is 21.7 Å². The Labute approximate surface area is 157 Å². The molecular weight excluding hydrogens is 344 g/mol. The number of ether oxygens (including phenoxy) is 1. The van der Waals surface area contributed by atoms with Crippen molar-refractivity contribution in [3.8, 4) is 5.75 Å². The highest BCUT2D eigenvalue weighted by Crippen LogP contribution is 2.29. The summed E-state index contributed by atoms with van der Waals surface area (Å²) in [6.45, 7) is 1.84. The summed E-state index contributed by atoms with van der Waals surface area (Å²) in [5, 5.41) is 3.68. The second-order valence-electron chi connectivity index (χ2n) is 6.53. The minimum atomic E-state index is -0.320. The van der Waals surface area contributed by atoms with Gasteiger partial charge >= 0.3 is 0 Å². The fraction of sp³-hybridized carbons (Fsp3) is 0.238. The van der Waals surface area contributed by atoms with E-state index < -0.39 is 0 Å². The zero-order valence-electron chi connectivity index (χ0n) is 15.8. The van der Waals surface area contributed by atoms with Gasteiger partial charge in [0.15, 0.2) is 5.76 Å². The fourth-order valence-corrected chi connectivity index (χ4v) is 2.77. The highest BCUT2D eigenvalue weighted by Gasteiger charge is 2.18. The minimum absolute atomic E-state index is 0.0279. The summed E-state index contributed by atoms with van der Waals surface area (Å²) in [7, 11) is 5.05. The molecule has 2 amide bonds. The Bertz CT molecular complexity index is 987. The normalized spacial score (nSPS) is 10.7. The molecule has 0 aliphatic carbocycles. The minimum Gasteiger partial charge on any atom is -0.497 e. The molecule has 6 heteroatoms. The second-order valence-corrected chi connectivity index (χ2v) is 6.53. The topological polar surface area (TPSA) is 71.8 Å². The predicted octanol–water partition coefficient (Wildman–Crippen LogP) is 3.63. The number of aryl methyl sites for hydroxylation is 1. The number of benzene rings is 2. The van der Waals surface area contributed by atoms with Crippen molar-refractivity contribution in [2.45, 2.75) is 13.3 Å². The van der Waals surface area contributed by atoms with Crippen LogP contribution >= 0.6 is 0 Å². The van der Waals surface area contributed by atoms with Gasteiger partial charge in [-0.1, -0.05) is 12.1 Å². The summed E-state index contributed by atoms with van der Waals surface area (Å²) in [5.41, 5.74) is 2.92. The van der Waals surface area contributed by atoms with Gasteiger partial charge in [0, 0.05) is 30.7 Å². The lowest BCUT2D eigenvalue weighted by molar-refractivity contribution is -0.127. The molecule has 3 rings (SSSR count). The molecule has 0 saturated carbocycles. The number of carbonyl (C=O) groups is 2. The zero-order valence-corrected chi connectivity index (χ0v) is 15.8. The predicted molar refractivity (Wildman–Crippen MR) is 104 cm³/mol. The van der Waals surface area contributed by atoms with E-state index in [0.717, 1.165) is 16.5 Å². The number of hydrogen-bond donors (Lipinski definition) is 1. The van der Waals surface area contributed by atoms with E-state index >= 15 is 0 Å². The van der Waals surface area contributed by atoms with Gasteiger partial charge in [0.25, 0.3) is 5.91 Å². The van der Waals surface area contributed by atoms with Crippen LogP contribution in [0, 0.1) is 6.92 Å². The smallest absolute Gasteiger partial charge is 0.291 e. The summed E-state index contributed by atoms with van der Waals surface area (Å²) in [5.74, 6) is 0.686. The van der Waals surface area contributed by atoms with Crippen molar-refractivity contribution in [3.05, 3.63) is 59.4 Å². The highest BCUT2D eigenvalue weighted by atomic mass is 16.5. The van der Waals surface area contributed by atoms with Crippen LogP contribution in [0.2, 0.25) is 0 Å². The quantitative estimate of drug-likeness (QED) is 0.748. The number of hydrogen-bond acceptors (Lipinski definition) is 4. The maximum absolute atomic E-state index is 12.6. The first-order valence-electron chi connectivity index (χ1n) is 8.56. The number of likely N-dealkylation sites (N-methyl/N-ethyl adjacent to an activating group) is 1. The van der Waals surface area contributed by atoms with Crippen molar-refractivity contribution in [1.82, 2.24) is 4.90 Å². The van der Waals surface area contributed by atoms with Crippen LogP contribution in [0.25, 0.3) is 11.0 Å². The first-order valence-corrected chi connectivity index (χ1v) is 8.56. The summed E-state index contributed by atoms with van der Waals surface area (Å²) in [6.07, 6.45) is 0.325. The number of rotatable bonds is 5. The van der Waals surface area contributed by atoms with E-state index in [1.165, 1.54) is 0 Å². The fourth-order valence-electron chi connectivity index (χ4n) is 2.77. The summed E-state index contributed by atoms with van der Waals surface area (Å²) >= 11 is 0. The number of nitrogens with zero attached hydrogens (tertiary/aromatic N) is 1. The molecule has 2 aromatic carbocycles. The van der Waals surface area contributed by atoms with Crippen molar-refractivity contribution in [1.29, 1.82) is 0 Å². The SMILES string of the molecule is COc1ccc2oc(C(=O)Nc3ccc(CC(=O)N(C)C)cc3)c(C)c2c1. The molecule has 0 aliphatic heterocycles. The van der Waals surface area contributed by atoms with Gasteiger partial charge in [-0.15, -0.1) is 0 Å². The number of furan rings is 1. The Morgan fingerprint density at radius 1 is 1.11 bits per heavy atom. The highest BCUT2D eigenvalue weighted by molar-refractivity contribution is 6.06. The lowest BCUT2D eigenvalue weighted by Gasteiger charge is -2.10.